The molecule has 0 saturated heterocycles. The maximum atomic E-state index is 10.5. The summed E-state index contributed by atoms with van der Waals surface area (Å²) in [6, 6.07) is 0. The third-order valence-corrected chi connectivity index (χ3v) is 4.44. The van der Waals surface area contributed by atoms with Gasteiger partial charge in [0.2, 0.25) is 0 Å². The van der Waals surface area contributed by atoms with Crippen LogP contribution < -0.4 is 0 Å². The van der Waals surface area contributed by atoms with Gasteiger partial charge in [-0.1, -0.05) is 51.9 Å². The van der Waals surface area contributed by atoms with Crippen molar-refractivity contribution in [3.05, 3.63) is 0 Å². The molecule has 0 unspecified atom stereocenters. The second kappa shape index (κ2) is 8.92. The summed E-state index contributed by atoms with van der Waals surface area (Å²) in [5, 5.41) is 10.5. The van der Waals surface area contributed by atoms with Crippen LogP contribution >= 0.6 is 0 Å². The van der Waals surface area contributed by atoms with Gasteiger partial charge in [0.15, 0.2) is 0 Å². The van der Waals surface area contributed by atoms with Gasteiger partial charge >= 0.3 is 0 Å². The fourth-order valence-electron chi connectivity index (χ4n) is 3.03. The second-order valence-corrected chi connectivity index (χ2v) is 6.03. The van der Waals surface area contributed by atoms with Gasteiger partial charge in [0.25, 0.3) is 0 Å². The number of aliphatic hydroxyl groups is 1. The molecular formula is C16H32O2. The molecule has 2 heteroatoms. The number of methoxy groups -OCH3 is 1. The normalized spacial score (nSPS) is 28.5. The van der Waals surface area contributed by atoms with Crippen LogP contribution in [0, 0.1) is 0 Å². The Morgan fingerprint density at radius 1 is 1.00 bits per heavy atom. The minimum atomic E-state index is -0.377. The van der Waals surface area contributed by atoms with Crippen molar-refractivity contribution in [2.75, 3.05) is 7.11 Å². The van der Waals surface area contributed by atoms with Crippen LogP contribution in [0.3, 0.4) is 0 Å². The molecule has 1 aliphatic carbocycles. The van der Waals surface area contributed by atoms with Crippen LogP contribution in [-0.4, -0.2) is 23.9 Å². The fourth-order valence-corrected chi connectivity index (χ4v) is 3.03. The van der Waals surface area contributed by atoms with Crippen LogP contribution in [0.1, 0.15) is 84.0 Å². The van der Waals surface area contributed by atoms with E-state index in [0.29, 0.717) is 6.10 Å². The molecule has 0 aromatic carbocycles. The first-order valence-electron chi connectivity index (χ1n) is 7.95. The van der Waals surface area contributed by atoms with Gasteiger partial charge in [-0.25, -0.2) is 0 Å². The van der Waals surface area contributed by atoms with E-state index in [1.807, 2.05) is 0 Å². The summed E-state index contributed by atoms with van der Waals surface area (Å²) in [6.07, 6.45) is 14.6. The number of unbranched alkanes of at least 4 members (excludes halogenated alkanes) is 6. The van der Waals surface area contributed by atoms with Crippen molar-refractivity contribution in [1.82, 2.24) is 0 Å². The lowest BCUT2D eigenvalue weighted by Crippen LogP contribution is -2.36. The highest BCUT2D eigenvalue weighted by molar-refractivity contribution is 4.85. The predicted molar refractivity (Wildman–Crippen MR) is 76.8 cm³/mol. The zero-order valence-corrected chi connectivity index (χ0v) is 12.4. The topological polar surface area (TPSA) is 29.5 Å². The van der Waals surface area contributed by atoms with Crippen LogP contribution in [0.5, 0.6) is 0 Å². The Balaban J connectivity index is 2.01. The van der Waals surface area contributed by atoms with E-state index < -0.39 is 0 Å². The number of hydrogen-bond donors (Lipinski definition) is 1. The van der Waals surface area contributed by atoms with E-state index in [9.17, 15) is 5.11 Å². The summed E-state index contributed by atoms with van der Waals surface area (Å²) < 4.78 is 5.35. The maximum Gasteiger partial charge on any atom is 0.0649 e. The van der Waals surface area contributed by atoms with Gasteiger partial charge in [0, 0.05) is 7.11 Å². The SMILES string of the molecule is CCCCCCCCCC1(O)CCC(OC)CC1. The Labute approximate surface area is 113 Å². The molecular weight excluding hydrogens is 224 g/mol. The Kier molecular flexibility index (Phi) is 7.92. The van der Waals surface area contributed by atoms with Crippen molar-refractivity contribution in [3.63, 3.8) is 0 Å². The molecule has 1 aliphatic rings. The number of rotatable bonds is 9. The molecule has 1 fully saturated rings. The first-order chi connectivity index (χ1) is 8.70. The number of hydrogen-bond acceptors (Lipinski definition) is 2. The molecule has 0 aliphatic heterocycles. The van der Waals surface area contributed by atoms with Gasteiger partial charge in [-0.05, 0) is 32.1 Å². The molecule has 1 N–H and O–H groups in total. The van der Waals surface area contributed by atoms with Gasteiger partial charge in [0.1, 0.15) is 0 Å². The summed E-state index contributed by atoms with van der Waals surface area (Å²) in [5.41, 5.74) is -0.377. The molecule has 1 rings (SSSR count). The molecule has 0 radical (unpaired) electrons. The largest absolute Gasteiger partial charge is 0.390 e. The van der Waals surface area contributed by atoms with E-state index in [1.165, 1.54) is 44.9 Å². The Morgan fingerprint density at radius 2 is 1.56 bits per heavy atom. The van der Waals surface area contributed by atoms with Gasteiger partial charge in [-0.2, -0.15) is 0 Å². The van der Waals surface area contributed by atoms with Crippen LogP contribution in [0.25, 0.3) is 0 Å². The zero-order valence-electron chi connectivity index (χ0n) is 12.4. The minimum absolute atomic E-state index is 0.377. The third-order valence-electron chi connectivity index (χ3n) is 4.44. The van der Waals surface area contributed by atoms with Crippen LogP contribution in [0.2, 0.25) is 0 Å². The summed E-state index contributed by atoms with van der Waals surface area (Å²) >= 11 is 0. The standard InChI is InChI=1S/C16H32O2/c1-3-4-5-6-7-8-9-12-16(17)13-10-15(18-2)11-14-16/h15,17H,3-14H2,1-2H3. The Bertz CT molecular complexity index is 195. The summed E-state index contributed by atoms with van der Waals surface area (Å²) in [7, 11) is 1.78. The second-order valence-electron chi connectivity index (χ2n) is 6.03. The third kappa shape index (κ3) is 6.19. The summed E-state index contributed by atoms with van der Waals surface area (Å²) in [6.45, 7) is 2.26. The van der Waals surface area contributed by atoms with Crippen LogP contribution in [-0.2, 0) is 4.74 Å². The van der Waals surface area contributed by atoms with Crippen LogP contribution in [0.15, 0.2) is 0 Å². The van der Waals surface area contributed by atoms with Crippen molar-refractivity contribution in [1.29, 1.82) is 0 Å². The Morgan fingerprint density at radius 3 is 2.11 bits per heavy atom. The van der Waals surface area contributed by atoms with E-state index >= 15 is 0 Å². The van der Waals surface area contributed by atoms with Crippen molar-refractivity contribution < 1.29 is 9.84 Å². The maximum absolute atomic E-state index is 10.5. The molecule has 18 heavy (non-hydrogen) atoms. The monoisotopic (exact) mass is 256 g/mol. The zero-order chi connectivity index (χ0) is 13.3. The van der Waals surface area contributed by atoms with E-state index in [4.69, 9.17) is 4.74 Å². The molecule has 1 saturated carbocycles. The predicted octanol–water partition coefficient (Wildman–Crippen LogP) is 4.45. The lowest BCUT2D eigenvalue weighted by molar-refractivity contribution is -0.0493. The molecule has 0 aromatic heterocycles. The van der Waals surface area contributed by atoms with Gasteiger partial charge < -0.3 is 9.84 Å². The van der Waals surface area contributed by atoms with Gasteiger partial charge in [-0.3, -0.25) is 0 Å². The smallest absolute Gasteiger partial charge is 0.0649 e. The molecule has 0 spiro atoms. The molecule has 2 nitrogen and oxygen atoms in total. The summed E-state index contributed by atoms with van der Waals surface area (Å²) in [4.78, 5) is 0. The van der Waals surface area contributed by atoms with Crippen LogP contribution in [0.4, 0.5) is 0 Å². The molecule has 0 amide bonds. The molecule has 0 heterocycles. The fraction of sp³-hybridized carbons (Fsp3) is 1.00. The molecule has 0 aromatic rings. The van der Waals surface area contributed by atoms with Crippen molar-refractivity contribution >= 4 is 0 Å². The van der Waals surface area contributed by atoms with Crippen molar-refractivity contribution in [2.45, 2.75) is 95.7 Å². The number of ether oxygens (including phenoxy) is 1. The van der Waals surface area contributed by atoms with Crippen molar-refractivity contribution in [2.24, 2.45) is 0 Å². The van der Waals surface area contributed by atoms with E-state index in [1.54, 1.807) is 7.11 Å². The molecule has 0 bridgehead atoms. The van der Waals surface area contributed by atoms with E-state index in [2.05, 4.69) is 6.92 Å². The molecule has 0 atom stereocenters. The summed E-state index contributed by atoms with van der Waals surface area (Å²) in [5.74, 6) is 0. The highest BCUT2D eigenvalue weighted by atomic mass is 16.5. The van der Waals surface area contributed by atoms with Gasteiger partial charge in [-0.15, -0.1) is 0 Å². The minimum Gasteiger partial charge on any atom is -0.390 e. The highest BCUT2D eigenvalue weighted by Gasteiger charge is 2.32. The first kappa shape index (κ1) is 16.0. The highest BCUT2D eigenvalue weighted by Crippen LogP contribution is 2.33. The lowest BCUT2D eigenvalue weighted by Gasteiger charge is -2.35. The van der Waals surface area contributed by atoms with Crippen molar-refractivity contribution in [3.8, 4) is 0 Å². The van der Waals surface area contributed by atoms with E-state index in [0.717, 1.165) is 32.1 Å². The van der Waals surface area contributed by atoms with Gasteiger partial charge in [0.05, 0.1) is 11.7 Å². The Hall–Kier alpha value is -0.0800. The average molecular weight is 256 g/mol. The average Bonchev–Trinajstić information content (AvgIpc) is 2.39. The lowest BCUT2D eigenvalue weighted by atomic mass is 9.80. The quantitative estimate of drug-likeness (QED) is 0.618. The molecule has 108 valence electrons. The first-order valence-corrected chi connectivity index (χ1v) is 7.95. The van der Waals surface area contributed by atoms with E-state index in [-0.39, 0.29) is 5.60 Å².